The van der Waals surface area contributed by atoms with Crippen LogP contribution >= 0.6 is 0 Å². The second-order valence-electron chi connectivity index (χ2n) is 4.85. The van der Waals surface area contributed by atoms with Crippen molar-refractivity contribution < 1.29 is 0 Å². The lowest BCUT2D eigenvalue weighted by molar-refractivity contribution is 1.11. The molecular weight excluding hydrogens is 186 g/mol. The molecule has 1 nitrogen and oxygen atoms in total. The van der Waals surface area contributed by atoms with E-state index in [0.717, 1.165) is 0 Å². The first-order valence-corrected chi connectivity index (χ1v) is 8.52. The van der Waals surface area contributed by atoms with E-state index in [2.05, 4.69) is 61.1 Å². The zero-order chi connectivity index (χ0) is 10.3. The maximum atomic E-state index is 2.53. The van der Waals surface area contributed by atoms with E-state index in [1.807, 2.05) is 0 Å². The smallest absolute Gasteiger partial charge is 0.153 e. The van der Waals surface area contributed by atoms with Crippen molar-refractivity contribution in [2.24, 2.45) is 0 Å². The summed E-state index contributed by atoms with van der Waals surface area (Å²) in [6.45, 7) is 9.35. The molecule has 0 saturated carbocycles. The summed E-state index contributed by atoms with van der Waals surface area (Å²) in [5.41, 5.74) is 2.79. The predicted molar refractivity (Wildman–Crippen MR) is 65.4 cm³/mol. The molecule has 0 unspecified atom stereocenters. The van der Waals surface area contributed by atoms with Crippen molar-refractivity contribution in [3.05, 3.63) is 36.0 Å². The fourth-order valence-corrected chi connectivity index (χ4v) is 4.23. The van der Waals surface area contributed by atoms with Gasteiger partial charge in [-0.05, 0) is 24.4 Å². The van der Waals surface area contributed by atoms with Crippen molar-refractivity contribution >= 4 is 19.1 Å². The van der Waals surface area contributed by atoms with Crippen LogP contribution in [0.25, 0.3) is 10.9 Å². The van der Waals surface area contributed by atoms with Gasteiger partial charge in [0, 0.05) is 11.2 Å². The Labute approximate surface area is 86.5 Å². The fraction of sp³-hybridized carbons (Fsp3) is 0.333. The van der Waals surface area contributed by atoms with Crippen molar-refractivity contribution in [1.82, 2.24) is 4.23 Å². The Hall–Kier alpha value is -1.02. The van der Waals surface area contributed by atoms with Crippen LogP contribution in [0.4, 0.5) is 0 Å². The van der Waals surface area contributed by atoms with Crippen LogP contribution in [0.3, 0.4) is 0 Å². The Morgan fingerprint density at radius 3 is 2.36 bits per heavy atom. The van der Waals surface area contributed by atoms with Gasteiger partial charge in [0.1, 0.15) is 0 Å². The van der Waals surface area contributed by atoms with E-state index in [1.54, 1.807) is 0 Å². The Kier molecular flexibility index (Phi) is 2.03. The summed E-state index contributed by atoms with van der Waals surface area (Å²) in [7, 11) is -1.27. The zero-order valence-electron chi connectivity index (χ0n) is 9.33. The van der Waals surface area contributed by atoms with E-state index < -0.39 is 8.24 Å². The van der Waals surface area contributed by atoms with Gasteiger partial charge >= 0.3 is 0 Å². The number of fused-ring (bicyclic) bond motifs is 1. The first-order valence-electron chi connectivity index (χ1n) is 5.08. The maximum Gasteiger partial charge on any atom is 0.153 e. The summed E-state index contributed by atoms with van der Waals surface area (Å²) in [6.07, 6.45) is 0. The number of aryl methyl sites for hydroxylation is 1. The monoisotopic (exact) mass is 203 g/mol. The number of aromatic nitrogens is 1. The normalized spacial score (nSPS) is 12.3. The maximum absolute atomic E-state index is 2.53. The Balaban J connectivity index is 2.81. The van der Waals surface area contributed by atoms with Gasteiger partial charge in [-0.2, -0.15) is 0 Å². The van der Waals surface area contributed by atoms with Crippen LogP contribution < -0.4 is 0 Å². The topological polar surface area (TPSA) is 4.93 Å². The quantitative estimate of drug-likeness (QED) is 0.624. The molecule has 0 saturated heterocycles. The molecule has 0 bridgehead atoms. The molecule has 0 amide bonds. The molecule has 2 rings (SSSR count). The standard InChI is InChI=1S/C12H17NSi/c1-10-9-11-7-5-6-8-12(11)13(10)14(2,3)4/h5-9H,1-4H3. The number of rotatable bonds is 1. The third kappa shape index (κ3) is 1.40. The van der Waals surface area contributed by atoms with Gasteiger partial charge in [-0.1, -0.05) is 37.8 Å². The summed E-state index contributed by atoms with van der Waals surface area (Å²) in [5.74, 6) is 0. The SMILES string of the molecule is Cc1cc2ccccc2n1[Si](C)(C)C. The van der Waals surface area contributed by atoms with Crippen molar-refractivity contribution in [2.45, 2.75) is 26.6 Å². The molecule has 2 heteroatoms. The van der Waals surface area contributed by atoms with Gasteiger partial charge in [0.15, 0.2) is 8.24 Å². The van der Waals surface area contributed by atoms with Gasteiger partial charge < -0.3 is 4.23 Å². The van der Waals surface area contributed by atoms with Crippen molar-refractivity contribution in [1.29, 1.82) is 0 Å². The van der Waals surface area contributed by atoms with E-state index in [0.29, 0.717) is 0 Å². The number of nitrogens with zero attached hydrogens (tertiary/aromatic N) is 1. The molecule has 14 heavy (non-hydrogen) atoms. The highest BCUT2D eigenvalue weighted by Crippen LogP contribution is 2.23. The van der Waals surface area contributed by atoms with Crippen LogP contribution in [-0.2, 0) is 0 Å². The number of hydrogen-bond acceptors (Lipinski definition) is 0. The molecule has 0 spiro atoms. The fourth-order valence-electron chi connectivity index (χ4n) is 2.18. The highest BCUT2D eigenvalue weighted by atomic mass is 28.3. The van der Waals surface area contributed by atoms with Crippen molar-refractivity contribution in [3.8, 4) is 0 Å². The molecule has 74 valence electrons. The largest absolute Gasteiger partial charge is 0.372 e. The Morgan fingerprint density at radius 2 is 1.71 bits per heavy atom. The average Bonchev–Trinajstić information content (AvgIpc) is 2.38. The number of benzene rings is 1. The highest BCUT2D eigenvalue weighted by Gasteiger charge is 2.19. The summed E-state index contributed by atoms with van der Waals surface area (Å²) in [4.78, 5) is 0. The first kappa shape index (κ1) is 9.53. The molecule has 1 aromatic heterocycles. The lowest BCUT2D eigenvalue weighted by Gasteiger charge is -2.22. The Morgan fingerprint density at radius 1 is 1.07 bits per heavy atom. The van der Waals surface area contributed by atoms with Gasteiger partial charge in [-0.25, -0.2) is 0 Å². The molecule has 1 heterocycles. The van der Waals surface area contributed by atoms with Crippen LogP contribution in [0.2, 0.25) is 19.6 Å². The minimum absolute atomic E-state index is 1.27. The number of hydrogen-bond donors (Lipinski definition) is 0. The van der Waals surface area contributed by atoms with Gasteiger partial charge in [0.05, 0.1) is 0 Å². The van der Waals surface area contributed by atoms with Crippen LogP contribution in [0, 0.1) is 6.92 Å². The van der Waals surface area contributed by atoms with Crippen LogP contribution in [0.5, 0.6) is 0 Å². The molecule has 0 aliphatic heterocycles. The van der Waals surface area contributed by atoms with E-state index >= 15 is 0 Å². The third-order valence-corrected chi connectivity index (χ3v) is 4.50. The molecule has 1 aromatic carbocycles. The van der Waals surface area contributed by atoms with Crippen molar-refractivity contribution in [2.75, 3.05) is 0 Å². The van der Waals surface area contributed by atoms with Crippen LogP contribution in [0.15, 0.2) is 30.3 Å². The zero-order valence-corrected chi connectivity index (χ0v) is 10.3. The summed E-state index contributed by atoms with van der Waals surface area (Å²) in [5, 5.41) is 1.37. The minimum Gasteiger partial charge on any atom is -0.372 e. The predicted octanol–water partition coefficient (Wildman–Crippen LogP) is 3.63. The second kappa shape index (κ2) is 2.99. The van der Waals surface area contributed by atoms with Crippen molar-refractivity contribution in [3.63, 3.8) is 0 Å². The molecule has 0 N–H and O–H groups in total. The second-order valence-corrected chi connectivity index (χ2v) is 9.64. The molecule has 0 aliphatic rings. The molecular formula is C12H17NSi. The Bertz CT molecular complexity index is 463. The first-order chi connectivity index (χ1) is 6.50. The molecule has 2 aromatic rings. The van der Waals surface area contributed by atoms with E-state index in [9.17, 15) is 0 Å². The van der Waals surface area contributed by atoms with Crippen LogP contribution in [0.1, 0.15) is 5.69 Å². The van der Waals surface area contributed by atoms with Gasteiger partial charge in [-0.3, -0.25) is 0 Å². The highest BCUT2D eigenvalue weighted by molar-refractivity contribution is 6.75. The summed E-state index contributed by atoms with van der Waals surface area (Å²) >= 11 is 0. The molecule has 0 atom stereocenters. The van der Waals surface area contributed by atoms with E-state index in [1.165, 1.54) is 16.6 Å². The average molecular weight is 203 g/mol. The summed E-state index contributed by atoms with van der Waals surface area (Å²) < 4.78 is 2.53. The summed E-state index contributed by atoms with van der Waals surface area (Å²) in [6, 6.07) is 10.9. The molecule has 0 aliphatic carbocycles. The lowest BCUT2D eigenvalue weighted by atomic mass is 10.2. The minimum atomic E-state index is -1.27. The van der Waals surface area contributed by atoms with Gasteiger partial charge in [0.25, 0.3) is 0 Å². The number of para-hydroxylation sites is 1. The van der Waals surface area contributed by atoms with E-state index in [4.69, 9.17) is 0 Å². The third-order valence-electron chi connectivity index (χ3n) is 2.57. The lowest BCUT2D eigenvalue weighted by Crippen LogP contribution is -2.32. The van der Waals surface area contributed by atoms with Gasteiger partial charge in [0.2, 0.25) is 0 Å². The molecule has 0 radical (unpaired) electrons. The van der Waals surface area contributed by atoms with Gasteiger partial charge in [-0.15, -0.1) is 0 Å². The van der Waals surface area contributed by atoms with E-state index in [-0.39, 0.29) is 0 Å². The van der Waals surface area contributed by atoms with Crippen LogP contribution in [-0.4, -0.2) is 12.5 Å². The molecule has 0 fully saturated rings.